The molecule has 0 fully saturated rings. The Balaban J connectivity index is 2.24. The molecule has 92 valence electrons. The number of hydrogen-bond acceptors (Lipinski definition) is 2. The summed E-state index contributed by atoms with van der Waals surface area (Å²) in [5, 5.41) is 0. The first-order chi connectivity index (χ1) is 8.22. The van der Waals surface area contributed by atoms with Gasteiger partial charge in [-0.3, -0.25) is 0 Å². The molecule has 1 heterocycles. The summed E-state index contributed by atoms with van der Waals surface area (Å²) >= 11 is 0. The minimum atomic E-state index is -0.266. The van der Waals surface area contributed by atoms with Crippen LogP contribution in [0.25, 0.3) is 5.57 Å². The van der Waals surface area contributed by atoms with E-state index in [9.17, 15) is 4.79 Å². The van der Waals surface area contributed by atoms with Gasteiger partial charge in [0, 0.05) is 5.69 Å². The van der Waals surface area contributed by atoms with E-state index < -0.39 is 0 Å². The van der Waals surface area contributed by atoms with Crippen molar-refractivity contribution in [2.45, 2.75) is 39.5 Å². The van der Waals surface area contributed by atoms with Gasteiger partial charge in [0.2, 0.25) is 0 Å². The Hall–Kier alpha value is -1.51. The van der Waals surface area contributed by atoms with Crippen molar-refractivity contribution in [3.8, 4) is 0 Å². The van der Waals surface area contributed by atoms with Gasteiger partial charge in [-0.2, -0.15) is 0 Å². The fourth-order valence-corrected chi connectivity index (χ4v) is 2.29. The Bertz CT molecular complexity index is 443. The van der Waals surface area contributed by atoms with Crippen molar-refractivity contribution < 1.29 is 9.53 Å². The normalized spacial score (nSPS) is 15.5. The molecule has 1 aliphatic rings. The summed E-state index contributed by atoms with van der Waals surface area (Å²) in [6, 6.07) is 1.92. The van der Waals surface area contributed by atoms with Gasteiger partial charge in [0.1, 0.15) is 5.69 Å². The van der Waals surface area contributed by atoms with Crippen LogP contribution in [0.3, 0.4) is 0 Å². The first-order valence-corrected chi connectivity index (χ1v) is 6.28. The quantitative estimate of drug-likeness (QED) is 0.812. The van der Waals surface area contributed by atoms with E-state index in [1.165, 1.54) is 24.0 Å². The summed E-state index contributed by atoms with van der Waals surface area (Å²) < 4.78 is 4.99. The van der Waals surface area contributed by atoms with Crippen molar-refractivity contribution in [3.05, 3.63) is 29.1 Å². The van der Waals surface area contributed by atoms with Crippen LogP contribution in [0.2, 0.25) is 0 Å². The maximum atomic E-state index is 11.6. The summed E-state index contributed by atoms with van der Waals surface area (Å²) in [6.45, 7) is 4.24. The predicted octanol–water partition coefficient (Wildman–Crippen LogP) is 3.46. The molecule has 17 heavy (non-hydrogen) atoms. The lowest BCUT2D eigenvalue weighted by atomic mass is 9.94. The van der Waals surface area contributed by atoms with Crippen LogP contribution in [0.15, 0.2) is 12.1 Å². The fraction of sp³-hybridized carbons (Fsp3) is 0.500. The second-order valence-corrected chi connectivity index (χ2v) is 4.42. The van der Waals surface area contributed by atoms with Crippen LogP contribution in [0.5, 0.6) is 0 Å². The maximum Gasteiger partial charge on any atom is 0.354 e. The van der Waals surface area contributed by atoms with Crippen LogP contribution >= 0.6 is 0 Å². The summed E-state index contributed by atoms with van der Waals surface area (Å²) in [4.78, 5) is 14.7. The summed E-state index contributed by atoms with van der Waals surface area (Å²) in [7, 11) is 0. The van der Waals surface area contributed by atoms with Gasteiger partial charge in [0.15, 0.2) is 0 Å². The number of aryl methyl sites for hydroxylation is 1. The Morgan fingerprint density at radius 1 is 1.47 bits per heavy atom. The highest BCUT2D eigenvalue weighted by molar-refractivity contribution is 5.89. The lowest BCUT2D eigenvalue weighted by Gasteiger charge is -2.11. The molecule has 0 unspecified atom stereocenters. The summed E-state index contributed by atoms with van der Waals surface area (Å²) in [5.41, 5.74) is 4.15. The summed E-state index contributed by atoms with van der Waals surface area (Å²) in [5.74, 6) is -0.266. The molecule has 3 nitrogen and oxygen atoms in total. The molecule has 0 atom stereocenters. The molecule has 0 spiro atoms. The molecule has 0 bridgehead atoms. The number of esters is 1. The van der Waals surface area contributed by atoms with E-state index in [1.807, 2.05) is 19.9 Å². The Kier molecular flexibility index (Phi) is 3.67. The first kappa shape index (κ1) is 12.0. The van der Waals surface area contributed by atoms with Crippen LogP contribution in [-0.2, 0) is 4.74 Å². The monoisotopic (exact) mass is 233 g/mol. The number of H-pyrrole nitrogens is 1. The summed E-state index contributed by atoms with van der Waals surface area (Å²) in [6.07, 6.45) is 7.06. The van der Waals surface area contributed by atoms with E-state index in [0.717, 1.165) is 18.5 Å². The van der Waals surface area contributed by atoms with Crippen LogP contribution in [-0.4, -0.2) is 17.6 Å². The number of hydrogen-bond donors (Lipinski definition) is 1. The molecule has 2 rings (SSSR count). The van der Waals surface area contributed by atoms with E-state index in [0.29, 0.717) is 12.3 Å². The van der Waals surface area contributed by atoms with Crippen molar-refractivity contribution in [1.29, 1.82) is 0 Å². The topological polar surface area (TPSA) is 42.1 Å². The zero-order chi connectivity index (χ0) is 12.3. The number of allylic oxidation sites excluding steroid dienone is 2. The van der Waals surface area contributed by atoms with Gasteiger partial charge in [-0.05, 0) is 56.7 Å². The Morgan fingerprint density at radius 3 is 2.94 bits per heavy atom. The van der Waals surface area contributed by atoms with Crippen molar-refractivity contribution in [1.82, 2.24) is 4.98 Å². The molecule has 0 saturated heterocycles. The number of aromatic nitrogens is 1. The molecular weight excluding hydrogens is 214 g/mol. The van der Waals surface area contributed by atoms with Gasteiger partial charge in [0.05, 0.1) is 6.61 Å². The van der Waals surface area contributed by atoms with Crippen molar-refractivity contribution in [3.63, 3.8) is 0 Å². The van der Waals surface area contributed by atoms with E-state index in [4.69, 9.17) is 4.74 Å². The molecule has 0 saturated carbocycles. The van der Waals surface area contributed by atoms with Crippen LogP contribution in [0.4, 0.5) is 0 Å². The predicted molar refractivity (Wildman–Crippen MR) is 67.9 cm³/mol. The first-order valence-electron chi connectivity index (χ1n) is 6.28. The molecule has 1 aromatic heterocycles. The lowest BCUT2D eigenvalue weighted by molar-refractivity contribution is 0.0520. The van der Waals surface area contributed by atoms with Crippen LogP contribution < -0.4 is 0 Å². The van der Waals surface area contributed by atoms with Gasteiger partial charge in [-0.25, -0.2) is 4.79 Å². The highest BCUT2D eigenvalue weighted by Gasteiger charge is 2.15. The number of aromatic amines is 1. The van der Waals surface area contributed by atoms with E-state index in [1.54, 1.807) is 0 Å². The second kappa shape index (κ2) is 5.21. The van der Waals surface area contributed by atoms with Crippen molar-refractivity contribution in [2.24, 2.45) is 0 Å². The van der Waals surface area contributed by atoms with Gasteiger partial charge < -0.3 is 9.72 Å². The molecule has 0 aromatic carbocycles. The van der Waals surface area contributed by atoms with Crippen LogP contribution in [0.1, 0.15) is 54.4 Å². The number of carbonyl (C=O) groups excluding carboxylic acids is 1. The van der Waals surface area contributed by atoms with Gasteiger partial charge >= 0.3 is 5.97 Å². The average Bonchev–Trinajstić information content (AvgIpc) is 2.73. The zero-order valence-corrected chi connectivity index (χ0v) is 10.5. The highest BCUT2D eigenvalue weighted by Crippen LogP contribution is 2.29. The van der Waals surface area contributed by atoms with Gasteiger partial charge in [-0.15, -0.1) is 0 Å². The van der Waals surface area contributed by atoms with Crippen molar-refractivity contribution in [2.75, 3.05) is 6.61 Å². The number of ether oxygens (including phenoxy) is 1. The average molecular weight is 233 g/mol. The van der Waals surface area contributed by atoms with E-state index >= 15 is 0 Å². The molecule has 1 aromatic rings. The third-order valence-corrected chi connectivity index (χ3v) is 3.15. The Morgan fingerprint density at radius 2 is 2.29 bits per heavy atom. The van der Waals surface area contributed by atoms with E-state index in [-0.39, 0.29) is 5.97 Å². The van der Waals surface area contributed by atoms with Gasteiger partial charge in [-0.1, -0.05) is 6.08 Å². The highest BCUT2D eigenvalue weighted by atomic mass is 16.5. The smallest absolute Gasteiger partial charge is 0.354 e. The SMILES string of the molecule is CCOC(=O)c1cc(C2=CCCCC2)c(C)[nH]1. The maximum absolute atomic E-state index is 11.6. The number of rotatable bonds is 3. The lowest BCUT2D eigenvalue weighted by Crippen LogP contribution is -2.04. The minimum absolute atomic E-state index is 0.266. The van der Waals surface area contributed by atoms with Crippen LogP contribution in [0, 0.1) is 6.92 Å². The largest absolute Gasteiger partial charge is 0.461 e. The molecule has 0 aliphatic heterocycles. The number of carbonyl (C=O) groups is 1. The molecule has 1 N–H and O–H groups in total. The van der Waals surface area contributed by atoms with Crippen molar-refractivity contribution >= 4 is 11.5 Å². The standard InChI is InChI=1S/C14H19NO2/c1-3-17-14(16)13-9-12(10(2)15-13)11-7-5-4-6-8-11/h7,9,15H,3-6,8H2,1-2H3. The molecule has 0 radical (unpaired) electrons. The third kappa shape index (κ3) is 2.60. The molecule has 0 amide bonds. The molecule has 3 heteroatoms. The molecule has 1 aliphatic carbocycles. The Labute approximate surface area is 102 Å². The minimum Gasteiger partial charge on any atom is -0.461 e. The number of nitrogens with one attached hydrogen (secondary N) is 1. The van der Waals surface area contributed by atoms with Gasteiger partial charge in [0.25, 0.3) is 0 Å². The second-order valence-electron chi connectivity index (χ2n) is 4.42. The van der Waals surface area contributed by atoms with E-state index in [2.05, 4.69) is 11.1 Å². The zero-order valence-electron chi connectivity index (χ0n) is 10.5. The third-order valence-electron chi connectivity index (χ3n) is 3.15. The molecular formula is C14H19NO2. The fourth-order valence-electron chi connectivity index (χ4n) is 2.29.